The normalized spacial score (nSPS) is 11.3. The molecule has 2 nitrogen and oxygen atoms in total. The van der Waals surface area contributed by atoms with Crippen molar-refractivity contribution in [2.45, 2.75) is 32.6 Å². The van der Waals surface area contributed by atoms with Crippen molar-refractivity contribution >= 4 is 11.9 Å². The first kappa shape index (κ1) is 13.5. The molecule has 0 saturated carbocycles. The molecule has 0 aliphatic carbocycles. The largest absolute Gasteiger partial charge is 0.497 e. The van der Waals surface area contributed by atoms with E-state index in [0.717, 1.165) is 36.0 Å². The zero-order chi connectivity index (χ0) is 12.5. The minimum absolute atomic E-state index is 0.841. The Labute approximate surface area is 103 Å². The van der Waals surface area contributed by atoms with Crippen LogP contribution >= 0.6 is 0 Å². The summed E-state index contributed by atoms with van der Waals surface area (Å²) in [6.45, 7) is 2.18. The van der Waals surface area contributed by atoms with Crippen molar-refractivity contribution in [2.75, 3.05) is 7.11 Å². The Morgan fingerprint density at radius 1 is 1.24 bits per heavy atom. The molecule has 0 saturated heterocycles. The highest BCUT2D eigenvalue weighted by atomic mass is 16.5. The van der Waals surface area contributed by atoms with Crippen LogP contribution in [0.1, 0.15) is 38.2 Å². The summed E-state index contributed by atoms with van der Waals surface area (Å²) in [6.07, 6.45) is 7.01. The first-order valence-electron chi connectivity index (χ1n) is 6.10. The fourth-order valence-electron chi connectivity index (χ4n) is 1.78. The number of benzene rings is 1. The molecule has 0 aromatic heterocycles. The smallest absolute Gasteiger partial charge is 0.143 e. The standard InChI is InChI=1S/C15H20O2/c1-3-4-5-6-13(11-12-16)14-7-9-15(17-2)10-8-14/h7-12H,3-6H2,1-2H3. The summed E-state index contributed by atoms with van der Waals surface area (Å²) in [4.78, 5) is 10.6. The topological polar surface area (TPSA) is 26.3 Å². The number of carbonyl (C=O) groups excluding carboxylic acids is 1. The summed E-state index contributed by atoms with van der Waals surface area (Å²) in [5.74, 6) is 0.841. The third-order valence-corrected chi connectivity index (χ3v) is 2.78. The van der Waals surface area contributed by atoms with Crippen LogP contribution in [0.2, 0.25) is 0 Å². The minimum atomic E-state index is 0.841. The fraction of sp³-hybridized carbons (Fsp3) is 0.400. The van der Waals surface area contributed by atoms with E-state index in [1.165, 1.54) is 12.8 Å². The van der Waals surface area contributed by atoms with Crippen LogP contribution in [0.5, 0.6) is 5.75 Å². The average molecular weight is 232 g/mol. The van der Waals surface area contributed by atoms with Crippen molar-refractivity contribution in [3.63, 3.8) is 0 Å². The fourth-order valence-corrected chi connectivity index (χ4v) is 1.78. The Kier molecular flexibility index (Phi) is 6.08. The molecule has 0 aliphatic rings. The van der Waals surface area contributed by atoms with Gasteiger partial charge in [-0.2, -0.15) is 0 Å². The third-order valence-electron chi connectivity index (χ3n) is 2.78. The molecule has 1 aromatic carbocycles. The molecule has 0 fully saturated rings. The number of allylic oxidation sites excluding steroid dienone is 2. The number of carbonyl (C=O) groups is 1. The van der Waals surface area contributed by atoms with Gasteiger partial charge in [0.2, 0.25) is 0 Å². The molecule has 0 unspecified atom stereocenters. The molecule has 0 heterocycles. The van der Waals surface area contributed by atoms with Gasteiger partial charge in [0.1, 0.15) is 12.0 Å². The van der Waals surface area contributed by atoms with E-state index in [4.69, 9.17) is 4.74 Å². The zero-order valence-electron chi connectivity index (χ0n) is 10.6. The maximum atomic E-state index is 10.6. The van der Waals surface area contributed by atoms with Crippen LogP contribution < -0.4 is 4.74 Å². The Hall–Kier alpha value is -1.57. The van der Waals surface area contributed by atoms with E-state index < -0.39 is 0 Å². The SMILES string of the molecule is CCCCCC(=CC=O)c1ccc(OC)cc1. The van der Waals surface area contributed by atoms with Gasteiger partial charge in [0.15, 0.2) is 0 Å². The average Bonchev–Trinajstić information content (AvgIpc) is 2.38. The molecule has 92 valence electrons. The summed E-state index contributed by atoms with van der Waals surface area (Å²) in [5, 5.41) is 0. The Bertz CT molecular complexity index is 363. The third kappa shape index (κ3) is 4.43. The predicted molar refractivity (Wildman–Crippen MR) is 71.2 cm³/mol. The first-order chi connectivity index (χ1) is 8.31. The van der Waals surface area contributed by atoms with Gasteiger partial charge in [0.05, 0.1) is 7.11 Å². The number of hydrogen-bond acceptors (Lipinski definition) is 2. The quantitative estimate of drug-likeness (QED) is 0.405. The number of ether oxygens (including phenoxy) is 1. The molecule has 1 rings (SSSR count). The number of unbranched alkanes of at least 4 members (excludes halogenated alkanes) is 2. The molecule has 0 aliphatic heterocycles. The summed E-state index contributed by atoms with van der Waals surface area (Å²) in [5.41, 5.74) is 2.21. The van der Waals surface area contributed by atoms with Crippen molar-refractivity contribution in [3.8, 4) is 5.75 Å². The molecule has 2 heteroatoms. The van der Waals surface area contributed by atoms with Gasteiger partial charge in [-0.3, -0.25) is 4.79 Å². The van der Waals surface area contributed by atoms with E-state index in [1.54, 1.807) is 13.2 Å². The lowest BCUT2D eigenvalue weighted by atomic mass is 9.99. The second-order valence-corrected chi connectivity index (χ2v) is 4.01. The molecule has 0 spiro atoms. The van der Waals surface area contributed by atoms with Gasteiger partial charge < -0.3 is 4.74 Å². The number of rotatable bonds is 7. The van der Waals surface area contributed by atoms with E-state index in [9.17, 15) is 4.79 Å². The van der Waals surface area contributed by atoms with Crippen LogP contribution in [-0.4, -0.2) is 13.4 Å². The second-order valence-electron chi connectivity index (χ2n) is 4.01. The van der Waals surface area contributed by atoms with E-state index >= 15 is 0 Å². The van der Waals surface area contributed by atoms with Crippen LogP contribution in [0.25, 0.3) is 5.57 Å². The Morgan fingerprint density at radius 3 is 2.47 bits per heavy atom. The summed E-state index contributed by atoms with van der Waals surface area (Å²) >= 11 is 0. The first-order valence-corrected chi connectivity index (χ1v) is 6.10. The molecule has 17 heavy (non-hydrogen) atoms. The highest BCUT2D eigenvalue weighted by Gasteiger charge is 2.01. The van der Waals surface area contributed by atoms with Crippen molar-refractivity contribution < 1.29 is 9.53 Å². The molecular formula is C15H20O2. The maximum absolute atomic E-state index is 10.6. The van der Waals surface area contributed by atoms with E-state index in [1.807, 2.05) is 24.3 Å². The van der Waals surface area contributed by atoms with Gasteiger partial charge in [-0.05, 0) is 42.2 Å². The van der Waals surface area contributed by atoms with Crippen LogP contribution in [-0.2, 0) is 4.79 Å². The Morgan fingerprint density at radius 2 is 1.94 bits per heavy atom. The van der Waals surface area contributed by atoms with Crippen molar-refractivity contribution in [1.82, 2.24) is 0 Å². The zero-order valence-corrected chi connectivity index (χ0v) is 10.6. The molecule has 0 amide bonds. The molecular weight excluding hydrogens is 212 g/mol. The number of aldehydes is 1. The minimum Gasteiger partial charge on any atom is -0.497 e. The summed E-state index contributed by atoms with van der Waals surface area (Å²) < 4.78 is 5.12. The summed E-state index contributed by atoms with van der Waals surface area (Å²) in [7, 11) is 1.65. The monoisotopic (exact) mass is 232 g/mol. The molecule has 0 bridgehead atoms. The lowest BCUT2D eigenvalue weighted by Crippen LogP contribution is -1.88. The van der Waals surface area contributed by atoms with E-state index in [0.29, 0.717) is 0 Å². The number of hydrogen-bond donors (Lipinski definition) is 0. The van der Waals surface area contributed by atoms with Gasteiger partial charge in [-0.25, -0.2) is 0 Å². The highest BCUT2D eigenvalue weighted by molar-refractivity contribution is 5.81. The predicted octanol–water partition coefficient (Wildman–Crippen LogP) is 3.86. The van der Waals surface area contributed by atoms with Crippen LogP contribution in [0, 0.1) is 0 Å². The van der Waals surface area contributed by atoms with E-state index in [2.05, 4.69) is 6.92 Å². The van der Waals surface area contributed by atoms with Gasteiger partial charge >= 0.3 is 0 Å². The van der Waals surface area contributed by atoms with E-state index in [-0.39, 0.29) is 0 Å². The lowest BCUT2D eigenvalue weighted by molar-refractivity contribution is -0.104. The van der Waals surface area contributed by atoms with Crippen molar-refractivity contribution in [3.05, 3.63) is 35.9 Å². The van der Waals surface area contributed by atoms with Crippen molar-refractivity contribution in [2.24, 2.45) is 0 Å². The second kappa shape index (κ2) is 7.66. The lowest BCUT2D eigenvalue weighted by Gasteiger charge is -2.07. The summed E-state index contributed by atoms with van der Waals surface area (Å²) in [6, 6.07) is 7.85. The van der Waals surface area contributed by atoms with Gasteiger partial charge in [-0.1, -0.05) is 31.9 Å². The van der Waals surface area contributed by atoms with Crippen molar-refractivity contribution in [1.29, 1.82) is 0 Å². The molecule has 1 aromatic rings. The molecule has 0 N–H and O–H groups in total. The number of methoxy groups -OCH3 is 1. The molecule has 0 radical (unpaired) electrons. The Balaban J connectivity index is 2.75. The van der Waals surface area contributed by atoms with Gasteiger partial charge in [0, 0.05) is 0 Å². The van der Waals surface area contributed by atoms with Crippen LogP contribution in [0.15, 0.2) is 30.3 Å². The highest BCUT2D eigenvalue weighted by Crippen LogP contribution is 2.23. The van der Waals surface area contributed by atoms with Gasteiger partial charge in [-0.15, -0.1) is 0 Å². The van der Waals surface area contributed by atoms with Gasteiger partial charge in [0.25, 0.3) is 0 Å². The van der Waals surface area contributed by atoms with Crippen LogP contribution in [0.3, 0.4) is 0 Å². The molecule has 0 atom stereocenters. The maximum Gasteiger partial charge on any atom is 0.143 e. The van der Waals surface area contributed by atoms with Crippen LogP contribution in [0.4, 0.5) is 0 Å².